The maximum absolute atomic E-state index is 11.9. The van der Waals surface area contributed by atoms with Crippen molar-refractivity contribution in [2.45, 2.75) is 19.8 Å². The third kappa shape index (κ3) is 6.48. The molecule has 1 aliphatic heterocycles. The third-order valence-corrected chi connectivity index (χ3v) is 6.34. The number of hydrogen-bond donors (Lipinski definition) is 1. The summed E-state index contributed by atoms with van der Waals surface area (Å²) in [5, 5.41) is 3.28. The number of hydrogen-bond acceptors (Lipinski definition) is 8. The first-order chi connectivity index (χ1) is 17.1. The molecule has 8 nitrogen and oxygen atoms in total. The van der Waals surface area contributed by atoms with E-state index in [1.54, 1.807) is 13.2 Å². The fourth-order valence-electron chi connectivity index (χ4n) is 4.20. The molecule has 0 saturated carbocycles. The average Bonchev–Trinajstić information content (AvgIpc) is 2.92. The molecule has 0 radical (unpaired) electrons. The van der Waals surface area contributed by atoms with Gasteiger partial charge in [-0.15, -0.1) is 0 Å². The van der Waals surface area contributed by atoms with Crippen LogP contribution in [0.25, 0.3) is 0 Å². The van der Waals surface area contributed by atoms with Crippen LogP contribution in [-0.4, -0.2) is 67.8 Å². The van der Waals surface area contributed by atoms with E-state index in [9.17, 15) is 4.79 Å². The van der Waals surface area contributed by atoms with Gasteiger partial charge in [-0.05, 0) is 73.0 Å². The molecule has 1 saturated heterocycles. The Bertz CT molecular complexity index is 1110. The molecule has 0 amide bonds. The summed E-state index contributed by atoms with van der Waals surface area (Å²) in [6.07, 6.45) is 5.13. The second-order valence-electron chi connectivity index (χ2n) is 8.57. The van der Waals surface area contributed by atoms with Crippen LogP contribution >= 0.6 is 0 Å². The Hall–Kier alpha value is -3.65. The van der Waals surface area contributed by atoms with Gasteiger partial charge in [0.05, 0.1) is 19.8 Å². The molecule has 184 valence electrons. The molecule has 1 N–H and O–H groups in total. The van der Waals surface area contributed by atoms with Crippen molar-refractivity contribution in [3.63, 3.8) is 0 Å². The predicted molar refractivity (Wildman–Crippen MR) is 138 cm³/mol. The molecular weight excluding hydrogens is 442 g/mol. The summed E-state index contributed by atoms with van der Waals surface area (Å²) in [7, 11) is 2.96. The number of ether oxygens (including phenoxy) is 2. The van der Waals surface area contributed by atoms with Gasteiger partial charge < -0.3 is 24.6 Å². The lowest BCUT2D eigenvalue weighted by Gasteiger charge is -2.35. The Balaban J connectivity index is 1.32. The van der Waals surface area contributed by atoms with Gasteiger partial charge in [-0.3, -0.25) is 0 Å². The minimum absolute atomic E-state index is 0.379. The number of nitrogens with one attached hydrogen (secondary N) is 1. The number of likely N-dealkylation sites (N-methyl/N-ethyl adjacent to an activating group) is 1. The third-order valence-electron chi connectivity index (χ3n) is 6.34. The molecule has 0 aliphatic carbocycles. The number of nitrogens with zero attached hydrogens (tertiary/aromatic N) is 4. The Morgan fingerprint density at radius 3 is 2.26 bits per heavy atom. The Labute approximate surface area is 206 Å². The number of carbonyl (C=O) groups excluding carboxylic acids is 1. The number of esters is 1. The Kier molecular flexibility index (Phi) is 8.15. The number of aryl methyl sites for hydroxylation is 2. The summed E-state index contributed by atoms with van der Waals surface area (Å²) in [6.45, 7) is 7.68. The van der Waals surface area contributed by atoms with Crippen molar-refractivity contribution in [2.75, 3.05) is 57.2 Å². The number of benzene rings is 2. The van der Waals surface area contributed by atoms with E-state index in [4.69, 9.17) is 9.47 Å². The minimum atomic E-state index is -0.379. The smallest absolute Gasteiger partial charge is 0.337 e. The zero-order valence-electron chi connectivity index (χ0n) is 20.7. The van der Waals surface area contributed by atoms with Gasteiger partial charge in [0, 0.05) is 49.9 Å². The van der Waals surface area contributed by atoms with E-state index in [0.717, 1.165) is 62.4 Å². The lowest BCUT2D eigenvalue weighted by Crippen LogP contribution is -2.46. The van der Waals surface area contributed by atoms with Crippen molar-refractivity contribution in [3.8, 4) is 5.75 Å². The Morgan fingerprint density at radius 2 is 1.63 bits per heavy atom. The monoisotopic (exact) mass is 475 g/mol. The first-order valence-corrected chi connectivity index (χ1v) is 12.0. The number of methoxy groups -OCH3 is 2. The summed E-state index contributed by atoms with van der Waals surface area (Å²) in [5.41, 5.74) is 4.69. The summed E-state index contributed by atoms with van der Waals surface area (Å²) in [6, 6.07) is 13.9. The van der Waals surface area contributed by atoms with E-state index < -0.39 is 0 Å². The normalized spacial score (nSPS) is 14.0. The number of piperazine rings is 1. The summed E-state index contributed by atoms with van der Waals surface area (Å²) in [5.74, 6) is 0.816. The van der Waals surface area contributed by atoms with Crippen LogP contribution in [0, 0.1) is 0 Å². The Morgan fingerprint density at radius 1 is 0.943 bits per heavy atom. The second-order valence-corrected chi connectivity index (χ2v) is 8.57. The number of carbonyl (C=O) groups is 1. The van der Waals surface area contributed by atoms with Gasteiger partial charge in [-0.1, -0.05) is 6.92 Å². The molecule has 8 heteroatoms. The number of rotatable bonds is 9. The van der Waals surface area contributed by atoms with Gasteiger partial charge in [0.15, 0.2) is 0 Å². The molecule has 2 heterocycles. The summed E-state index contributed by atoms with van der Waals surface area (Å²) < 4.78 is 10.2. The maximum atomic E-state index is 11.9. The van der Waals surface area contributed by atoms with E-state index in [0.29, 0.717) is 17.3 Å². The van der Waals surface area contributed by atoms with E-state index in [1.807, 2.05) is 24.5 Å². The predicted octanol–water partition coefficient (Wildman–Crippen LogP) is 3.94. The van der Waals surface area contributed by atoms with E-state index >= 15 is 0 Å². The summed E-state index contributed by atoms with van der Waals surface area (Å²) >= 11 is 0. The molecule has 4 rings (SSSR count). The first-order valence-electron chi connectivity index (χ1n) is 12.0. The van der Waals surface area contributed by atoms with Crippen LogP contribution in [-0.2, 0) is 17.6 Å². The zero-order chi connectivity index (χ0) is 24.6. The first kappa shape index (κ1) is 24.5. The van der Waals surface area contributed by atoms with Crippen LogP contribution in [0.15, 0.2) is 54.9 Å². The van der Waals surface area contributed by atoms with Crippen LogP contribution < -0.4 is 15.0 Å². The maximum Gasteiger partial charge on any atom is 0.337 e. The van der Waals surface area contributed by atoms with Crippen LogP contribution in [0.4, 0.5) is 17.3 Å². The van der Waals surface area contributed by atoms with Crippen LogP contribution in [0.1, 0.15) is 28.4 Å². The highest BCUT2D eigenvalue weighted by molar-refractivity contribution is 5.90. The van der Waals surface area contributed by atoms with Crippen LogP contribution in [0.5, 0.6) is 5.75 Å². The molecule has 0 unspecified atom stereocenters. The van der Waals surface area contributed by atoms with E-state index in [1.165, 1.54) is 12.8 Å². The highest BCUT2D eigenvalue weighted by Crippen LogP contribution is 2.22. The SMILES string of the molecule is CCN1CCN(c2ccc(Nc3ncc(CCc4cc(OC)cc(C(=O)OC)c4)cn3)cc2)CC1. The number of aromatic nitrogens is 2. The molecular formula is C27H33N5O3. The minimum Gasteiger partial charge on any atom is -0.497 e. The largest absolute Gasteiger partial charge is 0.497 e. The van der Waals surface area contributed by atoms with Gasteiger partial charge in [0.25, 0.3) is 0 Å². The molecule has 0 spiro atoms. The standard InChI is InChI=1S/C27H33N5O3/c1-4-31-11-13-32(14-12-31)24-9-7-23(8-10-24)30-27-28-18-21(19-29-27)6-5-20-15-22(26(33)35-3)17-25(16-20)34-2/h7-10,15-19H,4-6,11-14H2,1-3H3,(H,28,29,30). The fourth-order valence-corrected chi connectivity index (χ4v) is 4.20. The highest BCUT2D eigenvalue weighted by Gasteiger charge is 2.15. The number of anilines is 3. The highest BCUT2D eigenvalue weighted by atomic mass is 16.5. The van der Waals surface area contributed by atoms with Crippen LogP contribution in [0.2, 0.25) is 0 Å². The topological polar surface area (TPSA) is 79.8 Å². The lowest BCUT2D eigenvalue weighted by atomic mass is 10.0. The molecule has 35 heavy (non-hydrogen) atoms. The molecule has 2 aromatic carbocycles. The molecule has 0 bridgehead atoms. The zero-order valence-corrected chi connectivity index (χ0v) is 20.7. The van der Waals surface area contributed by atoms with E-state index in [-0.39, 0.29) is 5.97 Å². The molecule has 3 aromatic rings. The lowest BCUT2D eigenvalue weighted by molar-refractivity contribution is 0.0600. The van der Waals surface area contributed by atoms with Gasteiger partial charge in [-0.25, -0.2) is 14.8 Å². The van der Waals surface area contributed by atoms with Crippen molar-refractivity contribution in [3.05, 3.63) is 71.5 Å². The molecule has 1 fully saturated rings. The molecule has 1 aromatic heterocycles. The summed E-state index contributed by atoms with van der Waals surface area (Å²) in [4.78, 5) is 25.8. The van der Waals surface area contributed by atoms with Crippen molar-refractivity contribution >= 4 is 23.3 Å². The van der Waals surface area contributed by atoms with Crippen molar-refractivity contribution in [1.82, 2.24) is 14.9 Å². The van der Waals surface area contributed by atoms with Gasteiger partial charge in [-0.2, -0.15) is 0 Å². The van der Waals surface area contributed by atoms with Crippen molar-refractivity contribution in [1.29, 1.82) is 0 Å². The van der Waals surface area contributed by atoms with Gasteiger partial charge in [0.1, 0.15) is 5.75 Å². The van der Waals surface area contributed by atoms with Gasteiger partial charge >= 0.3 is 5.97 Å². The van der Waals surface area contributed by atoms with Crippen molar-refractivity contribution in [2.24, 2.45) is 0 Å². The molecule has 1 aliphatic rings. The second kappa shape index (κ2) is 11.7. The van der Waals surface area contributed by atoms with E-state index in [2.05, 4.69) is 56.3 Å². The fraction of sp³-hybridized carbons (Fsp3) is 0.370. The van der Waals surface area contributed by atoms with Crippen LogP contribution in [0.3, 0.4) is 0 Å². The van der Waals surface area contributed by atoms with Gasteiger partial charge in [0.2, 0.25) is 5.95 Å². The molecule has 0 atom stereocenters. The van der Waals surface area contributed by atoms with Crippen molar-refractivity contribution < 1.29 is 14.3 Å². The quantitative estimate of drug-likeness (QED) is 0.466. The average molecular weight is 476 g/mol.